The van der Waals surface area contributed by atoms with E-state index >= 15 is 0 Å². The van der Waals surface area contributed by atoms with E-state index in [-0.39, 0.29) is 0 Å². The third-order valence-corrected chi connectivity index (χ3v) is 3.22. The number of nitrogen functional groups attached to an aromatic ring is 1. The topological polar surface area (TPSA) is 91.0 Å². The Morgan fingerprint density at radius 3 is 2.65 bits per heavy atom. The third kappa shape index (κ3) is 3.45. The number of esters is 1. The Hall–Kier alpha value is -2.15. The van der Waals surface area contributed by atoms with Gasteiger partial charge in [0.15, 0.2) is 5.16 Å². The molecule has 0 aromatic carbocycles. The maximum absolute atomic E-state index is 11.9. The van der Waals surface area contributed by atoms with Gasteiger partial charge < -0.3 is 10.5 Å². The monoisotopic (exact) mass is 290 g/mol. The summed E-state index contributed by atoms with van der Waals surface area (Å²) >= 11 is 1.20. The minimum absolute atomic E-state index is 0.290. The van der Waals surface area contributed by atoms with Gasteiger partial charge in [-0.2, -0.15) is 0 Å². The van der Waals surface area contributed by atoms with Crippen LogP contribution in [-0.2, 0) is 4.74 Å². The Labute approximate surface area is 120 Å². The van der Waals surface area contributed by atoms with E-state index in [0.29, 0.717) is 28.0 Å². The van der Waals surface area contributed by atoms with Crippen LogP contribution in [0.25, 0.3) is 0 Å². The third-order valence-electron chi connectivity index (χ3n) is 2.31. The number of nitrogens with zero attached hydrogens (tertiary/aromatic N) is 3. The van der Waals surface area contributed by atoms with Crippen LogP contribution in [0, 0.1) is 6.92 Å². The van der Waals surface area contributed by atoms with E-state index < -0.39 is 5.97 Å². The maximum Gasteiger partial charge on any atom is 0.340 e. The molecule has 0 radical (unpaired) electrons. The zero-order valence-corrected chi connectivity index (χ0v) is 12.0. The smallest absolute Gasteiger partial charge is 0.340 e. The van der Waals surface area contributed by atoms with Gasteiger partial charge >= 0.3 is 5.97 Å². The molecule has 0 fully saturated rings. The Morgan fingerprint density at radius 2 is 2.00 bits per heavy atom. The van der Waals surface area contributed by atoms with Gasteiger partial charge in [-0.25, -0.2) is 19.7 Å². The van der Waals surface area contributed by atoms with Crippen LogP contribution in [0.15, 0.2) is 34.8 Å². The van der Waals surface area contributed by atoms with Gasteiger partial charge in [0.2, 0.25) is 0 Å². The van der Waals surface area contributed by atoms with Gasteiger partial charge in [-0.05, 0) is 37.2 Å². The first-order valence-electron chi connectivity index (χ1n) is 5.99. The second-order valence-corrected chi connectivity index (χ2v) is 4.94. The van der Waals surface area contributed by atoms with Crippen LogP contribution in [0.4, 0.5) is 5.69 Å². The molecule has 0 unspecified atom stereocenters. The van der Waals surface area contributed by atoms with Gasteiger partial charge in [-0.1, -0.05) is 0 Å². The number of nitrogens with two attached hydrogens (primary N) is 1. The van der Waals surface area contributed by atoms with Gasteiger partial charge in [0, 0.05) is 12.4 Å². The molecule has 0 bridgehead atoms. The largest absolute Gasteiger partial charge is 0.462 e. The van der Waals surface area contributed by atoms with Crippen molar-refractivity contribution in [2.75, 3.05) is 12.3 Å². The molecule has 0 amide bonds. The number of pyridine rings is 1. The van der Waals surface area contributed by atoms with Gasteiger partial charge in [-0.15, -0.1) is 0 Å². The van der Waals surface area contributed by atoms with Crippen molar-refractivity contribution in [3.63, 3.8) is 0 Å². The lowest BCUT2D eigenvalue weighted by Gasteiger charge is -2.07. The Kier molecular flexibility index (Phi) is 4.52. The summed E-state index contributed by atoms with van der Waals surface area (Å²) in [5.41, 5.74) is 7.35. The first kappa shape index (κ1) is 14.3. The number of hydrogen-bond donors (Lipinski definition) is 1. The van der Waals surface area contributed by atoms with Crippen molar-refractivity contribution >= 4 is 23.4 Å². The number of rotatable bonds is 4. The van der Waals surface area contributed by atoms with Crippen molar-refractivity contribution in [2.24, 2.45) is 0 Å². The molecule has 0 spiro atoms. The number of carbonyl (C=O) groups excluding carboxylic acids is 1. The summed E-state index contributed by atoms with van der Waals surface area (Å²) in [5.74, 6) is -0.457. The van der Waals surface area contributed by atoms with E-state index in [1.807, 2.05) is 6.92 Å². The van der Waals surface area contributed by atoms with Crippen molar-refractivity contribution < 1.29 is 9.53 Å². The molecule has 2 N–H and O–H groups in total. The summed E-state index contributed by atoms with van der Waals surface area (Å²) in [7, 11) is 0. The van der Waals surface area contributed by atoms with Crippen molar-refractivity contribution in [1.82, 2.24) is 15.0 Å². The second kappa shape index (κ2) is 6.33. The minimum atomic E-state index is -0.457. The first-order chi connectivity index (χ1) is 9.60. The molecule has 2 rings (SSSR count). The van der Waals surface area contributed by atoms with Gasteiger partial charge in [-0.3, -0.25) is 0 Å². The molecule has 2 aromatic rings. The fraction of sp³-hybridized carbons (Fsp3) is 0.231. The molecule has 2 aromatic heterocycles. The average Bonchev–Trinajstić information content (AvgIpc) is 2.43. The quantitative estimate of drug-likeness (QED) is 0.681. The van der Waals surface area contributed by atoms with Crippen molar-refractivity contribution in [3.05, 3.63) is 35.8 Å². The standard InChI is InChI=1S/C13H14N4O2S/c1-3-19-12(18)10-4-9(14)7-15-11(10)20-13-16-5-8(2)6-17-13/h4-7H,3,14H2,1-2H3. The van der Waals surface area contributed by atoms with E-state index in [0.717, 1.165) is 5.56 Å². The molecule has 0 aliphatic carbocycles. The lowest BCUT2D eigenvalue weighted by Crippen LogP contribution is -2.08. The van der Waals surface area contributed by atoms with Crippen LogP contribution in [0.5, 0.6) is 0 Å². The molecule has 0 saturated carbocycles. The van der Waals surface area contributed by atoms with E-state index in [4.69, 9.17) is 10.5 Å². The highest BCUT2D eigenvalue weighted by molar-refractivity contribution is 7.99. The van der Waals surface area contributed by atoms with E-state index in [1.165, 1.54) is 18.0 Å². The summed E-state index contributed by atoms with van der Waals surface area (Å²) in [5, 5.41) is 0.986. The molecular weight excluding hydrogens is 276 g/mol. The fourth-order valence-corrected chi connectivity index (χ4v) is 2.17. The number of ether oxygens (including phenoxy) is 1. The van der Waals surface area contributed by atoms with E-state index in [2.05, 4.69) is 15.0 Å². The summed E-state index contributed by atoms with van der Waals surface area (Å²) in [6.45, 7) is 3.94. The molecule has 0 saturated heterocycles. The predicted octanol–water partition coefficient (Wildman–Crippen LogP) is 2.09. The van der Waals surface area contributed by atoms with E-state index in [9.17, 15) is 4.79 Å². The summed E-state index contributed by atoms with van der Waals surface area (Å²) in [4.78, 5) is 24.4. The SMILES string of the molecule is CCOC(=O)c1cc(N)cnc1Sc1ncc(C)cn1. The molecule has 0 aliphatic rings. The van der Waals surface area contributed by atoms with Crippen molar-refractivity contribution in [2.45, 2.75) is 24.0 Å². The normalized spacial score (nSPS) is 10.3. The van der Waals surface area contributed by atoms with Crippen LogP contribution in [0.1, 0.15) is 22.8 Å². The molecule has 20 heavy (non-hydrogen) atoms. The van der Waals surface area contributed by atoms with Crippen molar-refractivity contribution in [1.29, 1.82) is 0 Å². The summed E-state index contributed by atoms with van der Waals surface area (Å²) < 4.78 is 4.99. The lowest BCUT2D eigenvalue weighted by atomic mass is 10.3. The average molecular weight is 290 g/mol. The lowest BCUT2D eigenvalue weighted by molar-refractivity contribution is 0.0521. The zero-order chi connectivity index (χ0) is 14.5. The second-order valence-electron chi connectivity index (χ2n) is 3.99. The molecule has 0 aliphatic heterocycles. The number of aryl methyl sites for hydroxylation is 1. The molecule has 2 heterocycles. The highest BCUT2D eigenvalue weighted by atomic mass is 32.2. The number of anilines is 1. The maximum atomic E-state index is 11.9. The number of carbonyl (C=O) groups is 1. The van der Waals surface area contributed by atoms with Crippen LogP contribution in [0.2, 0.25) is 0 Å². The van der Waals surface area contributed by atoms with Gasteiger partial charge in [0.25, 0.3) is 0 Å². The van der Waals surface area contributed by atoms with E-state index in [1.54, 1.807) is 25.4 Å². The van der Waals surface area contributed by atoms with Crippen LogP contribution in [0.3, 0.4) is 0 Å². The molecular formula is C13H14N4O2S. The summed E-state index contributed by atoms with van der Waals surface area (Å²) in [6, 6.07) is 1.54. The van der Waals surface area contributed by atoms with Gasteiger partial charge in [0.05, 0.1) is 24.1 Å². The van der Waals surface area contributed by atoms with Crippen molar-refractivity contribution in [3.8, 4) is 0 Å². The molecule has 7 heteroatoms. The Bertz CT molecular complexity index is 616. The molecule has 6 nitrogen and oxygen atoms in total. The van der Waals surface area contributed by atoms with Gasteiger partial charge in [0.1, 0.15) is 5.03 Å². The van der Waals surface area contributed by atoms with Crippen LogP contribution >= 0.6 is 11.8 Å². The first-order valence-corrected chi connectivity index (χ1v) is 6.81. The number of aromatic nitrogens is 3. The minimum Gasteiger partial charge on any atom is -0.462 e. The molecule has 0 atom stereocenters. The zero-order valence-electron chi connectivity index (χ0n) is 11.2. The van der Waals surface area contributed by atoms with Crippen LogP contribution in [-0.4, -0.2) is 27.5 Å². The predicted molar refractivity (Wildman–Crippen MR) is 75.5 cm³/mol. The fourth-order valence-electron chi connectivity index (χ4n) is 1.42. The Balaban J connectivity index is 2.31. The highest BCUT2D eigenvalue weighted by Crippen LogP contribution is 2.27. The number of hydrogen-bond acceptors (Lipinski definition) is 7. The molecule has 104 valence electrons. The van der Waals surface area contributed by atoms with Crippen LogP contribution < -0.4 is 5.73 Å². The highest BCUT2D eigenvalue weighted by Gasteiger charge is 2.16. The Morgan fingerprint density at radius 1 is 1.30 bits per heavy atom. The summed E-state index contributed by atoms with van der Waals surface area (Å²) in [6.07, 6.45) is 4.90.